The molecule has 0 spiro atoms. The lowest BCUT2D eigenvalue weighted by Gasteiger charge is -2.36. The van der Waals surface area contributed by atoms with E-state index in [0.29, 0.717) is 6.54 Å². The van der Waals surface area contributed by atoms with Crippen LogP contribution in [0.15, 0.2) is 48.8 Å². The van der Waals surface area contributed by atoms with Crippen molar-refractivity contribution in [3.05, 3.63) is 54.4 Å². The van der Waals surface area contributed by atoms with Gasteiger partial charge in [-0.3, -0.25) is 4.98 Å². The lowest BCUT2D eigenvalue weighted by atomic mass is 10.2. The van der Waals surface area contributed by atoms with Gasteiger partial charge in [0.15, 0.2) is 0 Å². The van der Waals surface area contributed by atoms with Crippen molar-refractivity contribution in [2.45, 2.75) is 6.54 Å². The van der Waals surface area contributed by atoms with Crippen molar-refractivity contribution in [2.75, 3.05) is 38.2 Å². The standard InChI is InChI=1S/C18H22N4O2/c1-24-17-4-2-15(3-5-17)14-20-18(23)22-12-10-21(11-13-22)16-6-8-19-9-7-16/h2-9H,10-14H2,1H3,(H,20,23). The van der Waals surface area contributed by atoms with Crippen LogP contribution in [-0.2, 0) is 6.54 Å². The van der Waals surface area contributed by atoms with Crippen molar-refractivity contribution in [1.29, 1.82) is 0 Å². The monoisotopic (exact) mass is 326 g/mol. The predicted octanol–water partition coefficient (Wildman–Crippen LogP) is 2.12. The fraction of sp³-hybridized carbons (Fsp3) is 0.333. The minimum atomic E-state index is -0.0137. The summed E-state index contributed by atoms with van der Waals surface area (Å²) in [5.41, 5.74) is 2.21. The number of hydrogen-bond acceptors (Lipinski definition) is 4. The van der Waals surface area contributed by atoms with Crippen LogP contribution in [0.3, 0.4) is 0 Å². The largest absolute Gasteiger partial charge is 0.497 e. The third-order valence-corrected chi connectivity index (χ3v) is 4.20. The van der Waals surface area contributed by atoms with Gasteiger partial charge < -0.3 is 19.9 Å². The number of rotatable bonds is 4. The molecule has 1 aliphatic rings. The van der Waals surface area contributed by atoms with E-state index in [4.69, 9.17) is 4.74 Å². The number of anilines is 1. The van der Waals surface area contributed by atoms with E-state index in [1.165, 1.54) is 0 Å². The van der Waals surface area contributed by atoms with E-state index in [9.17, 15) is 4.79 Å². The van der Waals surface area contributed by atoms with Crippen molar-refractivity contribution >= 4 is 11.7 Å². The molecule has 3 rings (SSSR count). The molecule has 1 aromatic heterocycles. The molecule has 126 valence electrons. The van der Waals surface area contributed by atoms with Crippen LogP contribution in [0.2, 0.25) is 0 Å². The van der Waals surface area contributed by atoms with Crippen molar-refractivity contribution in [3.8, 4) is 5.75 Å². The molecular weight excluding hydrogens is 304 g/mol. The Morgan fingerprint density at radius 3 is 2.38 bits per heavy atom. The van der Waals surface area contributed by atoms with Crippen LogP contribution in [0, 0.1) is 0 Å². The first-order chi connectivity index (χ1) is 11.8. The van der Waals surface area contributed by atoms with Gasteiger partial charge in [0.1, 0.15) is 5.75 Å². The van der Waals surface area contributed by atoms with Crippen LogP contribution in [-0.4, -0.2) is 49.2 Å². The van der Waals surface area contributed by atoms with E-state index in [1.54, 1.807) is 19.5 Å². The molecule has 0 atom stereocenters. The van der Waals surface area contributed by atoms with Gasteiger partial charge in [0.25, 0.3) is 0 Å². The van der Waals surface area contributed by atoms with Crippen molar-refractivity contribution < 1.29 is 9.53 Å². The molecule has 24 heavy (non-hydrogen) atoms. The van der Waals surface area contributed by atoms with Crippen LogP contribution in [0.5, 0.6) is 5.75 Å². The van der Waals surface area contributed by atoms with E-state index in [1.807, 2.05) is 41.3 Å². The smallest absolute Gasteiger partial charge is 0.317 e. The summed E-state index contributed by atoms with van der Waals surface area (Å²) < 4.78 is 5.13. The fourth-order valence-corrected chi connectivity index (χ4v) is 2.76. The number of carbonyl (C=O) groups excluding carboxylic acids is 1. The third kappa shape index (κ3) is 3.95. The molecule has 2 aromatic rings. The Morgan fingerprint density at radius 1 is 1.08 bits per heavy atom. The molecule has 1 saturated heterocycles. The lowest BCUT2D eigenvalue weighted by Crippen LogP contribution is -2.51. The number of ether oxygens (including phenoxy) is 1. The zero-order valence-corrected chi connectivity index (χ0v) is 13.8. The normalized spacial score (nSPS) is 14.4. The first kappa shape index (κ1) is 16.1. The average Bonchev–Trinajstić information content (AvgIpc) is 2.67. The Kier molecular flexibility index (Phi) is 5.15. The maximum absolute atomic E-state index is 12.3. The number of aromatic nitrogens is 1. The number of urea groups is 1. The van der Waals surface area contributed by atoms with Gasteiger partial charge in [-0.15, -0.1) is 0 Å². The molecule has 6 nitrogen and oxygen atoms in total. The maximum Gasteiger partial charge on any atom is 0.317 e. The van der Waals surface area contributed by atoms with E-state index < -0.39 is 0 Å². The highest BCUT2D eigenvalue weighted by molar-refractivity contribution is 5.74. The molecule has 1 fully saturated rings. The number of amides is 2. The lowest BCUT2D eigenvalue weighted by molar-refractivity contribution is 0.194. The minimum absolute atomic E-state index is 0.0137. The van der Waals surface area contributed by atoms with E-state index >= 15 is 0 Å². The summed E-state index contributed by atoms with van der Waals surface area (Å²) in [6, 6.07) is 11.7. The SMILES string of the molecule is COc1ccc(CNC(=O)N2CCN(c3ccncc3)CC2)cc1. The number of piperazine rings is 1. The molecule has 0 radical (unpaired) electrons. The first-order valence-corrected chi connectivity index (χ1v) is 8.07. The highest BCUT2D eigenvalue weighted by Crippen LogP contribution is 2.15. The van der Waals surface area contributed by atoms with E-state index in [2.05, 4.69) is 15.2 Å². The van der Waals surface area contributed by atoms with Gasteiger partial charge in [-0.05, 0) is 29.8 Å². The van der Waals surface area contributed by atoms with Crippen LogP contribution in [0.1, 0.15) is 5.56 Å². The summed E-state index contributed by atoms with van der Waals surface area (Å²) in [5, 5.41) is 2.98. The minimum Gasteiger partial charge on any atom is -0.497 e. The molecule has 0 bridgehead atoms. The Labute approximate surface area is 142 Å². The number of methoxy groups -OCH3 is 1. The number of nitrogens with zero attached hydrogens (tertiary/aromatic N) is 3. The van der Waals surface area contributed by atoms with Crippen molar-refractivity contribution in [2.24, 2.45) is 0 Å². The number of nitrogens with one attached hydrogen (secondary N) is 1. The molecule has 1 aliphatic heterocycles. The van der Waals surface area contributed by atoms with Gasteiger partial charge in [-0.2, -0.15) is 0 Å². The average molecular weight is 326 g/mol. The van der Waals surface area contributed by atoms with Gasteiger partial charge in [0, 0.05) is 50.8 Å². The maximum atomic E-state index is 12.3. The van der Waals surface area contributed by atoms with Gasteiger partial charge in [0.05, 0.1) is 7.11 Å². The van der Waals surface area contributed by atoms with Crippen LogP contribution in [0.25, 0.3) is 0 Å². The Morgan fingerprint density at radius 2 is 1.75 bits per heavy atom. The summed E-state index contributed by atoms with van der Waals surface area (Å²) in [7, 11) is 1.64. The molecule has 2 amide bonds. The van der Waals surface area contributed by atoms with E-state index in [-0.39, 0.29) is 6.03 Å². The molecule has 0 aliphatic carbocycles. The summed E-state index contributed by atoms with van der Waals surface area (Å²) in [6.07, 6.45) is 3.59. The quantitative estimate of drug-likeness (QED) is 0.935. The summed E-state index contributed by atoms with van der Waals surface area (Å²) in [6.45, 7) is 3.63. The Hall–Kier alpha value is -2.76. The van der Waals surface area contributed by atoms with Crippen molar-refractivity contribution in [1.82, 2.24) is 15.2 Å². The predicted molar refractivity (Wildman–Crippen MR) is 93.3 cm³/mol. The van der Waals surface area contributed by atoms with Crippen LogP contribution in [0.4, 0.5) is 10.5 Å². The van der Waals surface area contributed by atoms with Gasteiger partial charge in [0.2, 0.25) is 0 Å². The third-order valence-electron chi connectivity index (χ3n) is 4.20. The van der Waals surface area contributed by atoms with Gasteiger partial charge in [-0.1, -0.05) is 12.1 Å². The zero-order chi connectivity index (χ0) is 16.8. The Balaban J connectivity index is 1.46. The molecule has 2 heterocycles. The number of carbonyl (C=O) groups is 1. The van der Waals surface area contributed by atoms with Gasteiger partial charge >= 0.3 is 6.03 Å². The van der Waals surface area contributed by atoms with E-state index in [0.717, 1.165) is 43.2 Å². The topological polar surface area (TPSA) is 57.7 Å². The Bertz CT molecular complexity index is 652. The zero-order valence-electron chi connectivity index (χ0n) is 13.8. The molecule has 6 heteroatoms. The molecule has 1 N–H and O–H groups in total. The summed E-state index contributed by atoms with van der Waals surface area (Å²) >= 11 is 0. The number of hydrogen-bond donors (Lipinski definition) is 1. The second kappa shape index (κ2) is 7.68. The second-order valence-electron chi connectivity index (χ2n) is 5.69. The molecule has 1 aromatic carbocycles. The number of pyridine rings is 1. The van der Waals surface area contributed by atoms with Gasteiger partial charge in [-0.25, -0.2) is 4.79 Å². The molecule has 0 unspecified atom stereocenters. The molecule has 0 saturated carbocycles. The highest BCUT2D eigenvalue weighted by atomic mass is 16.5. The van der Waals surface area contributed by atoms with Crippen LogP contribution < -0.4 is 15.0 Å². The first-order valence-electron chi connectivity index (χ1n) is 8.07. The summed E-state index contributed by atoms with van der Waals surface area (Å²) in [5.74, 6) is 0.817. The summed E-state index contributed by atoms with van der Waals surface area (Å²) in [4.78, 5) is 20.5. The van der Waals surface area contributed by atoms with Crippen LogP contribution >= 0.6 is 0 Å². The highest BCUT2D eigenvalue weighted by Gasteiger charge is 2.20. The second-order valence-corrected chi connectivity index (χ2v) is 5.69. The molecular formula is C18H22N4O2. The number of benzene rings is 1. The van der Waals surface area contributed by atoms with Crippen molar-refractivity contribution in [3.63, 3.8) is 0 Å². The fourth-order valence-electron chi connectivity index (χ4n) is 2.76.